The smallest absolute Gasteiger partial charge is 0.315 e. The quantitative estimate of drug-likeness (QED) is 0.518. The van der Waals surface area contributed by atoms with E-state index >= 15 is 0 Å². The van der Waals surface area contributed by atoms with Crippen molar-refractivity contribution in [1.29, 1.82) is 0 Å². The maximum atomic E-state index is 13.6. The molecule has 0 aliphatic heterocycles. The SMILES string of the molecule is C=CC(=O)CC(O)C(C(=O)O)c1c(-c2ccc(F)cc2)c2ccccc2c(=O)n1C(C)C. The number of nitrogens with zero attached hydrogens (tertiary/aromatic N) is 1. The van der Waals surface area contributed by atoms with E-state index in [0.717, 1.165) is 6.08 Å². The number of rotatable bonds is 8. The van der Waals surface area contributed by atoms with Crippen molar-refractivity contribution in [2.45, 2.75) is 38.3 Å². The Bertz CT molecular complexity index is 1240. The van der Waals surface area contributed by atoms with Gasteiger partial charge in [0.05, 0.1) is 6.10 Å². The first-order valence-corrected chi connectivity index (χ1v) is 10.2. The number of aromatic nitrogens is 1. The van der Waals surface area contributed by atoms with Gasteiger partial charge in [-0.05, 0) is 49.1 Å². The van der Waals surface area contributed by atoms with Crippen molar-refractivity contribution in [3.8, 4) is 11.1 Å². The second-order valence-corrected chi connectivity index (χ2v) is 7.84. The van der Waals surface area contributed by atoms with Gasteiger partial charge in [-0.3, -0.25) is 14.4 Å². The van der Waals surface area contributed by atoms with Crippen molar-refractivity contribution in [3.63, 3.8) is 0 Å². The molecular formula is C25H24FNO5. The molecule has 2 aromatic carbocycles. The van der Waals surface area contributed by atoms with Gasteiger partial charge < -0.3 is 14.8 Å². The van der Waals surface area contributed by atoms with Crippen molar-refractivity contribution < 1.29 is 24.2 Å². The highest BCUT2D eigenvalue weighted by Gasteiger charge is 2.36. The Kier molecular flexibility index (Phi) is 6.69. The summed E-state index contributed by atoms with van der Waals surface area (Å²) in [7, 11) is 0. The highest BCUT2D eigenvalue weighted by Crippen LogP contribution is 2.38. The molecule has 32 heavy (non-hydrogen) atoms. The van der Waals surface area contributed by atoms with E-state index in [1.54, 1.807) is 38.1 Å². The third-order valence-corrected chi connectivity index (χ3v) is 5.39. The van der Waals surface area contributed by atoms with E-state index in [4.69, 9.17) is 0 Å². The minimum Gasteiger partial charge on any atom is -0.481 e. The molecule has 0 aliphatic rings. The predicted octanol–water partition coefficient (Wildman–Crippen LogP) is 4.06. The third kappa shape index (κ3) is 4.24. The second kappa shape index (κ2) is 9.28. The van der Waals surface area contributed by atoms with Gasteiger partial charge in [0, 0.05) is 29.1 Å². The number of allylic oxidation sites excluding steroid dienone is 1. The van der Waals surface area contributed by atoms with Crippen LogP contribution in [0.5, 0.6) is 0 Å². The molecule has 0 radical (unpaired) electrons. The topological polar surface area (TPSA) is 96.6 Å². The molecule has 6 nitrogen and oxygen atoms in total. The van der Waals surface area contributed by atoms with E-state index in [0.29, 0.717) is 21.9 Å². The molecule has 2 unspecified atom stereocenters. The maximum absolute atomic E-state index is 13.6. The number of aliphatic hydroxyl groups excluding tert-OH is 1. The van der Waals surface area contributed by atoms with Crippen LogP contribution in [0, 0.1) is 5.82 Å². The maximum Gasteiger partial charge on any atom is 0.315 e. The zero-order chi connectivity index (χ0) is 23.6. The summed E-state index contributed by atoms with van der Waals surface area (Å²) in [6, 6.07) is 11.8. The molecule has 1 heterocycles. The Hall–Kier alpha value is -3.58. The summed E-state index contributed by atoms with van der Waals surface area (Å²) in [6.07, 6.45) is -1.07. The lowest BCUT2D eigenvalue weighted by atomic mass is 9.86. The summed E-state index contributed by atoms with van der Waals surface area (Å²) in [5.74, 6) is -3.96. The van der Waals surface area contributed by atoms with Crippen LogP contribution in [0.2, 0.25) is 0 Å². The molecule has 0 spiro atoms. The lowest BCUT2D eigenvalue weighted by molar-refractivity contribution is -0.142. The number of hydrogen-bond acceptors (Lipinski definition) is 4. The molecular weight excluding hydrogens is 413 g/mol. The Balaban J connectivity index is 2.49. The van der Waals surface area contributed by atoms with Crippen LogP contribution < -0.4 is 5.56 Å². The Morgan fingerprint density at radius 2 is 1.69 bits per heavy atom. The van der Waals surface area contributed by atoms with E-state index in [9.17, 15) is 29.0 Å². The van der Waals surface area contributed by atoms with Gasteiger partial charge in [0.1, 0.15) is 11.7 Å². The summed E-state index contributed by atoms with van der Waals surface area (Å²) >= 11 is 0. The Morgan fingerprint density at radius 3 is 2.22 bits per heavy atom. The van der Waals surface area contributed by atoms with Crippen LogP contribution in [0.4, 0.5) is 4.39 Å². The lowest BCUT2D eigenvalue weighted by Crippen LogP contribution is -2.36. The number of carboxylic acid groups (broad SMARTS) is 1. The highest BCUT2D eigenvalue weighted by molar-refractivity contribution is 5.99. The number of aliphatic hydroxyl groups is 1. The number of hydrogen-bond donors (Lipinski definition) is 2. The van der Waals surface area contributed by atoms with E-state index in [1.807, 2.05) is 0 Å². The van der Waals surface area contributed by atoms with Gasteiger partial charge in [0.25, 0.3) is 5.56 Å². The molecule has 0 saturated heterocycles. The van der Waals surface area contributed by atoms with Gasteiger partial charge in [-0.1, -0.05) is 36.9 Å². The number of fused-ring (bicyclic) bond motifs is 1. The Morgan fingerprint density at radius 1 is 1.09 bits per heavy atom. The van der Waals surface area contributed by atoms with E-state index in [-0.39, 0.29) is 5.69 Å². The molecule has 3 aromatic rings. The monoisotopic (exact) mass is 437 g/mol. The van der Waals surface area contributed by atoms with E-state index in [1.165, 1.54) is 28.8 Å². The van der Waals surface area contributed by atoms with Crippen LogP contribution in [0.1, 0.15) is 37.9 Å². The minimum absolute atomic E-state index is 0.0622. The standard InChI is InChI=1S/C25H24FNO5/c1-4-17(28)13-20(29)22(25(31)32)23-21(15-9-11-16(26)12-10-15)18-7-5-6-8-19(18)24(30)27(23)14(2)3/h4-12,14,20,22,29H,1,13H2,2-3H3,(H,31,32). The number of carbonyl (C=O) groups excluding carboxylic acids is 1. The van der Waals surface area contributed by atoms with Gasteiger partial charge in [0.2, 0.25) is 0 Å². The average Bonchev–Trinajstić information content (AvgIpc) is 2.74. The van der Waals surface area contributed by atoms with Crippen molar-refractivity contribution in [1.82, 2.24) is 4.57 Å². The lowest BCUT2D eigenvalue weighted by Gasteiger charge is -2.28. The summed E-state index contributed by atoms with van der Waals surface area (Å²) in [5.41, 5.74) is 0.532. The third-order valence-electron chi connectivity index (χ3n) is 5.39. The fraction of sp³-hybridized carbons (Fsp3) is 0.240. The van der Waals surface area contributed by atoms with Gasteiger partial charge >= 0.3 is 5.97 Å². The number of benzene rings is 2. The predicted molar refractivity (Wildman–Crippen MR) is 120 cm³/mol. The van der Waals surface area contributed by atoms with E-state index in [2.05, 4.69) is 6.58 Å². The van der Waals surface area contributed by atoms with Crippen LogP contribution >= 0.6 is 0 Å². The zero-order valence-electron chi connectivity index (χ0n) is 17.8. The molecule has 0 bridgehead atoms. The molecule has 0 aliphatic carbocycles. The van der Waals surface area contributed by atoms with Crippen molar-refractivity contribution >= 4 is 22.5 Å². The number of aliphatic carboxylic acids is 1. The van der Waals surface area contributed by atoms with Crippen LogP contribution in [0.15, 0.2) is 66.0 Å². The van der Waals surface area contributed by atoms with Gasteiger partial charge in [-0.15, -0.1) is 0 Å². The number of ketones is 1. The summed E-state index contributed by atoms with van der Waals surface area (Å²) < 4.78 is 15.0. The van der Waals surface area contributed by atoms with Crippen molar-refractivity contribution in [2.24, 2.45) is 0 Å². The first-order chi connectivity index (χ1) is 15.2. The fourth-order valence-electron chi connectivity index (χ4n) is 3.99. The van der Waals surface area contributed by atoms with E-state index < -0.39 is 47.6 Å². The zero-order valence-corrected chi connectivity index (χ0v) is 17.8. The largest absolute Gasteiger partial charge is 0.481 e. The van der Waals surface area contributed by atoms with Crippen LogP contribution in [0.3, 0.4) is 0 Å². The molecule has 7 heteroatoms. The van der Waals surface area contributed by atoms with Crippen LogP contribution in [-0.2, 0) is 9.59 Å². The van der Waals surface area contributed by atoms with Crippen molar-refractivity contribution in [2.75, 3.05) is 0 Å². The molecule has 166 valence electrons. The molecule has 0 saturated carbocycles. The van der Waals surface area contributed by atoms with Gasteiger partial charge in [0.15, 0.2) is 5.78 Å². The molecule has 0 amide bonds. The number of halogens is 1. The number of pyridine rings is 1. The number of carbonyl (C=O) groups is 2. The minimum atomic E-state index is -1.61. The first-order valence-electron chi connectivity index (χ1n) is 10.2. The molecule has 0 fully saturated rings. The summed E-state index contributed by atoms with van der Waals surface area (Å²) in [6.45, 7) is 6.83. The van der Waals surface area contributed by atoms with Crippen molar-refractivity contribution in [3.05, 3.63) is 83.1 Å². The molecule has 1 aromatic heterocycles. The average molecular weight is 437 g/mol. The van der Waals surface area contributed by atoms with Crippen LogP contribution in [0.25, 0.3) is 21.9 Å². The fourth-order valence-corrected chi connectivity index (χ4v) is 3.99. The normalized spacial score (nSPS) is 13.2. The summed E-state index contributed by atoms with van der Waals surface area (Å²) in [4.78, 5) is 37.7. The summed E-state index contributed by atoms with van der Waals surface area (Å²) in [5, 5.41) is 21.7. The molecule has 2 N–H and O–H groups in total. The number of carboxylic acids is 1. The molecule has 3 rings (SSSR count). The Labute approximate surface area is 184 Å². The second-order valence-electron chi connectivity index (χ2n) is 7.84. The first kappa shape index (κ1) is 23.1. The van der Waals surface area contributed by atoms with Crippen LogP contribution in [-0.4, -0.2) is 32.6 Å². The molecule has 2 atom stereocenters. The van der Waals surface area contributed by atoms with Gasteiger partial charge in [-0.2, -0.15) is 0 Å². The highest BCUT2D eigenvalue weighted by atomic mass is 19.1. The van der Waals surface area contributed by atoms with Gasteiger partial charge in [-0.25, -0.2) is 4.39 Å².